The number of allylic oxidation sites excluding steroid dienone is 8. The van der Waals surface area contributed by atoms with Gasteiger partial charge in [0.05, 0.1) is 31.1 Å². The SMILES string of the molecule is CC1(C)C(/C=C/C=C(/C=C/C=C2\N(CCS(=O)(=O)[O-])c3ccc(S(=O)(=O)O)cc3C2(C)C)CCCCCCC(=O)O)=[N+](CCS(=O)(=O)O)c2ccc(S(=O)(=O)O)cc21. The Morgan fingerprint density at radius 2 is 1.36 bits per heavy atom. The Labute approximate surface area is 340 Å². The molecule has 0 unspecified atom stereocenters. The fourth-order valence-corrected chi connectivity index (χ4v) is 9.06. The van der Waals surface area contributed by atoms with E-state index in [0.717, 1.165) is 12.0 Å². The normalized spacial score (nSPS) is 17.8. The first kappa shape index (κ1) is 46.7. The highest BCUT2D eigenvalue weighted by Crippen LogP contribution is 2.48. The predicted molar refractivity (Wildman–Crippen MR) is 216 cm³/mol. The van der Waals surface area contributed by atoms with Crippen molar-refractivity contribution >= 4 is 63.5 Å². The summed E-state index contributed by atoms with van der Waals surface area (Å²) < 4.78 is 137. The standard InChI is InChI=1S/C38H48N2O14S4/c1-37(2)30-25-28(57(49,50)51)17-19-32(30)39(21-23-55(43,44)45)34(37)14-9-12-27(11-7-5-6-8-16-36(41)42)13-10-15-35-38(3,4)31-26-29(58(52,53)54)18-20-33(31)40(35)22-24-56(46,47)48/h9-10,12-15,17-20,25-26H,5-8,11,16,21-24H2,1-4H3,(H4-,41,42,43,44,45,46,47,48,49,50,51,52,53,54). The van der Waals surface area contributed by atoms with Crippen LogP contribution in [-0.4, -0.2) is 97.8 Å². The highest BCUT2D eigenvalue weighted by molar-refractivity contribution is 7.86. The van der Waals surface area contributed by atoms with Crippen molar-refractivity contribution < 1.29 is 66.4 Å². The molecule has 0 saturated carbocycles. The van der Waals surface area contributed by atoms with Crippen molar-refractivity contribution in [3.63, 3.8) is 0 Å². The molecule has 16 nitrogen and oxygen atoms in total. The maximum atomic E-state index is 12.0. The molecule has 20 heteroatoms. The molecule has 0 aromatic heterocycles. The van der Waals surface area contributed by atoms with Crippen LogP contribution in [0.25, 0.3) is 0 Å². The van der Waals surface area contributed by atoms with Gasteiger partial charge in [-0.15, -0.1) is 0 Å². The van der Waals surface area contributed by atoms with E-state index in [0.29, 0.717) is 59.6 Å². The Morgan fingerprint density at radius 1 is 0.776 bits per heavy atom. The van der Waals surface area contributed by atoms with Crippen LogP contribution in [0.4, 0.5) is 11.4 Å². The lowest BCUT2D eigenvalue weighted by atomic mass is 9.81. The number of hydrogen-bond acceptors (Lipinski definition) is 11. The van der Waals surface area contributed by atoms with Gasteiger partial charge in [-0.05, 0) is 80.7 Å². The van der Waals surface area contributed by atoms with Crippen molar-refractivity contribution in [3.05, 3.63) is 95.3 Å². The summed E-state index contributed by atoms with van der Waals surface area (Å²) >= 11 is 0. The molecule has 0 aliphatic carbocycles. The summed E-state index contributed by atoms with van der Waals surface area (Å²) in [7, 11) is -18.2. The number of aliphatic carboxylic acids is 1. The molecule has 0 fully saturated rings. The third kappa shape index (κ3) is 11.8. The van der Waals surface area contributed by atoms with E-state index in [1.165, 1.54) is 36.4 Å². The third-order valence-corrected chi connectivity index (χ3v) is 13.3. The van der Waals surface area contributed by atoms with E-state index in [1.807, 2.05) is 0 Å². The molecule has 0 radical (unpaired) electrons. The summed E-state index contributed by atoms with van der Waals surface area (Å²) in [6, 6.07) is 7.89. The maximum absolute atomic E-state index is 12.0. The van der Waals surface area contributed by atoms with Crippen LogP contribution in [0.3, 0.4) is 0 Å². The fraction of sp³-hybridized carbons (Fsp3) is 0.421. The van der Waals surface area contributed by atoms with E-state index in [-0.39, 0.29) is 29.3 Å². The molecule has 318 valence electrons. The Kier molecular flexibility index (Phi) is 14.2. The number of carboxylic acid groups (broad SMARTS) is 1. The molecule has 0 amide bonds. The van der Waals surface area contributed by atoms with Crippen LogP contribution in [0.1, 0.15) is 77.3 Å². The van der Waals surface area contributed by atoms with Crippen LogP contribution >= 0.6 is 0 Å². The van der Waals surface area contributed by atoms with Crippen LogP contribution in [-0.2, 0) is 56.1 Å². The van der Waals surface area contributed by atoms with E-state index in [1.54, 1.807) is 73.6 Å². The average Bonchev–Trinajstić information content (AvgIpc) is 3.43. The summed E-state index contributed by atoms with van der Waals surface area (Å²) in [6.45, 7) is 6.76. The zero-order chi connectivity index (χ0) is 43.5. The van der Waals surface area contributed by atoms with Crippen molar-refractivity contribution in [3.8, 4) is 0 Å². The molecule has 4 rings (SSSR count). The molecule has 0 bridgehead atoms. The molecule has 2 aliphatic rings. The van der Waals surface area contributed by atoms with Crippen LogP contribution in [0, 0.1) is 0 Å². The lowest BCUT2D eigenvalue weighted by Gasteiger charge is -2.27. The lowest BCUT2D eigenvalue weighted by Crippen LogP contribution is -2.30. The molecule has 0 atom stereocenters. The minimum Gasteiger partial charge on any atom is -0.748 e. The highest BCUT2D eigenvalue weighted by atomic mass is 32.2. The van der Waals surface area contributed by atoms with Gasteiger partial charge in [-0.2, -0.15) is 29.8 Å². The molecule has 0 saturated heterocycles. The number of benzene rings is 2. The maximum Gasteiger partial charge on any atom is 0.303 e. The second-order valence-electron chi connectivity index (χ2n) is 15.1. The molecule has 2 aliphatic heterocycles. The predicted octanol–water partition coefficient (Wildman–Crippen LogP) is 5.13. The van der Waals surface area contributed by atoms with E-state index in [9.17, 15) is 56.7 Å². The number of nitrogens with zero attached hydrogens (tertiary/aromatic N) is 2. The summed E-state index contributed by atoms with van der Waals surface area (Å²) in [5, 5.41) is 9.00. The van der Waals surface area contributed by atoms with Gasteiger partial charge in [0.25, 0.3) is 30.4 Å². The number of carbonyl (C=O) groups is 1. The molecule has 2 heterocycles. The first-order valence-corrected chi connectivity index (χ1v) is 24.2. The molecular formula is C38H48N2O14S4. The van der Waals surface area contributed by atoms with E-state index in [2.05, 4.69) is 0 Å². The zero-order valence-electron chi connectivity index (χ0n) is 32.4. The van der Waals surface area contributed by atoms with Crippen molar-refractivity contribution in [2.24, 2.45) is 0 Å². The van der Waals surface area contributed by atoms with Crippen LogP contribution < -0.4 is 4.90 Å². The number of rotatable bonds is 19. The number of unbranched alkanes of at least 4 members (excludes halogenated alkanes) is 3. The summed E-state index contributed by atoms with van der Waals surface area (Å²) in [5.41, 5.74) is 1.99. The second-order valence-corrected chi connectivity index (χ2v) is 21.1. The Hall–Kier alpha value is -4.02. The Bertz CT molecular complexity index is 2550. The Balaban J connectivity index is 1.76. The van der Waals surface area contributed by atoms with Gasteiger partial charge in [0, 0.05) is 47.5 Å². The van der Waals surface area contributed by atoms with Gasteiger partial charge in [-0.25, -0.2) is 8.42 Å². The second kappa shape index (κ2) is 17.7. The average molecular weight is 885 g/mol. The number of carboxylic acids is 1. The van der Waals surface area contributed by atoms with Crippen molar-refractivity contribution in [2.75, 3.05) is 29.5 Å². The van der Waals surface area contributed by atoms with Gasteiger partial charge in [-0.3, -0.25) is 18.5 Å². The first-order valence-electron chi connectivity index (χ1n) is 18.2. The van der Waals surface area contributed by atoms with Gasteiger partial charge >= 0.3 is 5.97 Å². The van der Waals surface area contributed by atoms with Gasteiger partial charge < -0.3 is 14.6 Å². The minimum atomic E-state index is -4.64. The summed E-state index contributed by atoms with van der Waals surface area (Å²) in [6.07, 6.45) is 13.6. The molecule has 0 spiro atoms. The lowest BCUT2D eigenvalue weighted by molar-refractivity contribution is -0.432. The monoisotopic (exact) mass is 884 g/mol. The van der Waals surface area contributed by atoms with Crippen molar-refractivity contribution in [2.45, 2.75) is 86.8 Å². The number of anilines is 1. The smallest absolute Gasteiger partial charge is 0.303 e. The molecule has 2 aromatic carbocycles. The van der Waals surface area contributed by atoms with Crippen molar-refractivity contribution in [1.29, 1.82) is 0 Å². The van der Waals surface area contributed by atoms with Gasteiger partial charge in [0.15, 0.2) is 12.3 Å². The topological polar surface area (TPSA) is 264 Å². The largest absolute Gasteiger partial charge is 0.748 e. The van der Waals surface area contributed by atoms with Crippen LogP contribution in [0.2, 0.25) is 0 Å². The summed E-state index contributed by atoms with van der Waals surface area (Å²) in [5.74, 6) is -2.25. The van der Waals surface area contributed by atoms with Gasteiger partial charge in [0.2, 0.25) is 5.69 Å². The van der Waals surface area contributed by atoms with Crippen LogP contribution in [0.15, 0.2) is 93.9 Å². The molecule has 4 N–H and O–H groups in total. The zero-order valence-corrected chi connectivity index (χ0v) is 35.7. The van der Waals surface area contributed by atoms with E-state index in [4.69, 9.17) is 5.11 Å². The van der Waals surface area contributed by atoms with Gasteiger partial charge in [-0.1, -0.05) is 51.0 Å². The summed E-state index contributed by atoms with van der Waals surface area (Å²) in [4.78, 5) is 11.9. The van der Waals surface area contributed by atoms with Crippen LogP contribution in [0.5, 0.6) is 0 Å². The highest BCUT2D eigenvalue weighted by Gasteiger charge is 2.45. The minimum absolute atomic E-state index is 0.0452. The number of fused-ring (bicyclic) bond motifs is 2. The Morgan fingerprint density at radius 3 is 1.93 bits per heavy atom. The third-order valence-electron chi connectivity index (χ3n) is 10.2. The first-order chi connectivity index (χ1) is 26.6. The molecule has 58 heavy (non-hydrogen) atoms. The van der Waals surface area contributed by atoms with Gasteiger partial charge in [0.1, 0.15) is 5.75 Å². The molecule has 2 aromatic rings. The molecular weight excluding hydrogens is 837 g/mol. The number of hydrogen-bond donors (Lipinski definition) is 4. The quantitative estimate of drug-likeness (QED) is 0.0616. The fourth-order valence-electron chi connectivity index (χ4n) is 7.23. The van der Waals surface area contributed by atoms with E-state index >= 15 is 0 Å². The van der Waals surface area contributed by atoms with E-state index < -0.39 is 68.8 Å². The van der Waals surface area contributed by atoms with Crippen molar-refractivity contribution in [1.82, 2.24) is 0 Å².